The molecule has 1 saturated heterocycles. The second-order valence-electron chi connectivity index (χ2n) is 5.82. The monoisotopic (exact) mass is 328 g/mol. The predicted octanol–water partition coefficient (Wildman–Crippen LogP) is 1.95. The van der Waals surface area contributed by atoms with Crippen molar-refractivity contribution in [2.24, 2.45) is 5.92 Å². The number of methoxy groups -OCH3 is 1. The average molecular weight is 328 g/mol. The average Bonchev–Trinajstić information content (AvgIpc) is 3.24. The molecule has 1 fully saturated rings. The van der Waals surface area contributed by atoms with Gasteiger partial charge in [-0.25, -0.2) is 0 Å². The first-order valence-electron chi connectivity index (χ1n) is 7.86. The molecule has 0 radical (unpaired) electrons. The number of nitrogens with zero attached hydrogens (tertiary/aromatic N) is 1. The largest absolute Gasteiger partial charge is 0.497 e. The minimum atomic E-state index is -0.314. The van der Waals surface area contributed by atoms with Gasteiger partial charge in [-0.05, 0) is 29.8 Å². The van der Waals surface area contributed by atoms with Crippen molar-refractivity contribution in [1.82, 2.24) is 10.2 Å². The van der Waals surface area contributed by atoms with Crippen LogP contribution >= 0.6 is 0 Å². The fraction of sp³-hybridized carbons (Fsp3) is 0.333. The molecule has 2 aromatic rings. The van der Waals surface area contributed by atoms with Gasteiger partial charge in [0, 0.05) is 19.5 Å². The summed E-state index contributed by atoms with van der Waals surface area (Å²) in [7, 11) is 1.61. The van der Waals surface area contributed by atoms with Crippen LogP contribution in [0.15, 0.2) is 47.1 Å². The highest BCUT2D eigenvalue weighted by Crippen LogP contribution is 2.21. The number of ether oxygens (including phenoxy) is 1. The summed E-state index contributed by atoms with van der Waals surface area (Å²) < 4.78 is 10.4. The number of rotatable bonds is 6. The van der Waals surface area contributed by atoms with E-state index >= 15 is 0 Å². The van der Waals surface area contributed by atoms with Crippen LogP contribution in [0.25, 0.3) is 0 Å². The molecule has 2 heterocycles. The number of carbonyl (C=O) groups is 2. The number of carbonyl (C=O) groups excluding carboxylic acids is 2. The van der Waals surface area contributed by atoms with Crippen LogP contribution in [0.1, 0.15) is 17.7 Å². The van der Waals surface area contributed by atoms with Gasteiger partial charge in [0.25, 0.3) is 0 Å². The number of likely N-dealkylation sites (tertiary alicyclic amines) is 1. The SMILES string of the molecule is COc1ccc(CNC(=O)[C@H]2CC(=O)N(Cc3ccco3)C2)cc1. The molecule has 0 bridgehead atoms. The van der Waals surface area contributed by atoms with Crippen molar-refractivity contribution in [2.45, 2.75) is 19.5 Å². The lowest BCUT2D eigenvalue weighted by Crippen LogP contribution is -2.32. The highest BCUT2D eigenvalue weighted by Gasteiger charge is 2.34. The Hall–Kier alpha value is -2.76. The predicted molar refractivity (Wildman–Crippen MR) is 87.1 cm³/mol. The molecule has 2 amide bonds. The zero-order valence-electron chi connectivity index (χ0n) is 13.5. The maximum absolute atomic E-state index is 12.3. The Morgan fingerprint density at radius 1 is 1.33 bits per heavy atom. The number of hydrogen-bond acceptors (Lipinski definition) is 4. The first-order valence-corrected chi connectivity index (χ1v) is 7.86. The fourth-order valence-corrected chi connectivity index (χ4v) is 2.77. The Balaban J connectivity index is 1.51. The van der Waals surface area contributed by atoms with Crippen LogP contribution in [0, 0.1) is 5.92 Å². The highest BCUT2D eigenvalue weighted by molar-refractivity contribution is 5.89. The third-order valence-corrected chi connectivity index (χ3v) is 4.14. The van der Waals surface area contributed by atoms with Gasteiger partial charge in [0.1, 0.15) is 11.5 Å². The molecule has 1 N–H and O–H groups in total. The van der Waals surface area contributed by atoms with Crippen LogP contribution in [0.4, 0.5) is 0 Å². The molecule has 0 spiro atoms. The smallest absolute Gasteiger partial charge is 0.225 e. The zero-order valence-corrected chi connectivity index (χ0v) is 13.5. The first-order chi connectivity index (χ1) is 11.7. The maximum Gasteiger partial charge on any atom is 0.225 e. The minimum absolute atomic E-state index is 0.0176. The lowest BCUT2D eigenvalue weighted by Gasteiger charge is -2.15. The van der Waals surface area contributed by atoms with E-state index in [-0.39, 0.29) is 24.2 Å². The third-order valence-electron chi connectivity index (χ3n) is 4.14. The molecule has 1 atom stereocenters. The normalized spacial score (nSPS) is 17.1. The zero-order chi connectivity index (χ0) is 16.9. The van der Waals surface area contributed by atoms with E-state index in [1.807, 2.05) is 30.3 Å². The Morgan fingerprint density at radius 2 is 2.12 bits per heavy atom. The summed E-state index contributed by atoms with van der Waals surface area (Å²) in [6.07, 6.45) is 1.82. The number of nitrogens with one attached hydrogen (secondary N) is 1. The highest BCUT2D eigenvalue weighted by atomic mass is 16.5. The second-order valence-corrected chi connectivity index (χ2v) is 5.82. The van der Waals surface area contributed by atoms with E-state index in [2.05, 4.69) is 5.32 Å². The van der Waals surface area contributed by atoms with Crippen molar-refractivity contribution in [3.63, 3.8) is 0 Å². The van der Waals surface area contributed by atoms with Crippen LogP contribution < -0.4 is 10.1 Å². The van der Waals surface area contributed by atoms with Gasteiger partial charge in [-0.3, -0.25) is 9.59 Å². The molecular weight excluding hydrogens is 308 g/mol. The van der Waals surface area contributed by atoms with E-state index < -0.39 is 0 Å². The van der Waals surface area contributed by atoms with E-state index in [0.717, 1.165) is 17.1 Å². The van der Waals surface area contributed by atoms with Crippen LogP contribution in [0.3, 0.4) is 0 Å². The van der Waals surface area contributed by atoms with Crippen LogP contribution in [0.5, 0.6) is 5.75 Å². The van der Waals surface area contributed by atoms with Gasteiger partial charge in [-0.2, -0.15) is 0 Å². The van der Waals surface area contributed by atoms with Gasteiger partial charge < -0.3 is 19.4 Å². The van der Waals surface area contributed by atoms with Gasteiger partial charge in [0.05, 0.1) is 25.8 Å². The van der Waals surface area contributed by atoms with Gasteiger partial charge in [-0.1, -0.05) is 12.1 Å². The van der Waals surface area contributed by atoms with Gasteiger partial charge >= 0.3 is 0 Å². The third kappa shape index (κ3) is 3.76. The topological polar surface area (TPSA) is 71.8 Å². The molecule has 0 unspecified atom stereocenters. The van der Waals surface area contributed by atoms with Crippen molar-refractivity contribution in [3.8, 4) is 5.75 Å². The number of benzene rings is 1. The lowest BCUT2D eigenvalue weighted by atomic mass is 10.1. The van der Waals surface area contributed by atoms with Crippen LogP contribution in [-0.2, 0) is 22.7 Å². The van der Waals surface area contributed by atoms with E-state index in [1.54, 1.807) is 24.3 Å². The van der Waals surface area contributed by atoms with E-state index in [9.17, 15) is 9.59 Å². The van der Waals surface area contributed by atoms with Crippen molar-refractivity contribution in [2.75, 3.05) is 13.7 Å². The lowest BCUT2D eigenvalue weighted by molar-refractivity contribution is -0.129. The summed E-state index contributed by atoms with van der Waals surface area (Å²) in [5, 5.41) is 2.90. The van der Waals surface area contributed by atoms with Crippen LogP contribution in [-0.4, -0.2) is 30.4 Å². The van der Waals surface area contributed by atoms with Gasteiger partial charge in [0.2, 0.25) is 11.8 Å². The molecule has 0 aliphatic carbocycles. The molecule has 1 aliphatic rings. The summed E-state index contributed by atoms with van der Waals surface area (Å²) in [5.74, 6) is 1.07. The number of hydrogen-bond donors (Lipinski definition) is 1. The van der Waals surface area contributed by atoms with Crippen molar-refractivity contribution in [3.05, 3.63) is 54.0 Å². The van der Waals surface area contributed by atoms with Crippen molar-refractivity contribution < 1.29 is 18.7 Å². The Morgan fingerprint density at radius 3 is 2.79 bits per heavy atom. The Labute approximate surface area is 140 Å². The molecule has 6 nitrogen and oxygen atoms in total. The molecule has 3 rings (SSSR count). The van der Waals surface area contributed by atoms with Crippen molar-refractivity contribution in [1.29, 1.82) is 0 Å². The molecule has 1 aliphatic heterocycles. The summed E-state index contributed by atoms with van der Waals surface area (Å²) in [6, 6.07) is 11.1. The molecule has 126 valence electrons. The molecule has 6 heteroatoms. The standard InChI is InChI=1S/C18H20N2O4/c1-23-15-6-4-13(5-7-15)10-19-18(22)14-9-17(21)20(11-14)12-16-3-2-8-24-16/h2-8,14H,9-12H2,1H3,(H,19,22)/t14-/m0/s1. The fourth-order valence-electron chi connectivity index (χ4n) is 2.77. The van der Waals surface area contributed by atoms with E-state index in [1.165, 1.54) is 0 Å². The second kappa shape index (κ2) is 7.21. The van der Waals surface area contributed by atoms with Crippen LogP contribution in [0.2, 0.25) is 0 Å². The molecule has 24 heavy (non-hydrogen) atoms. The Bertz CT molecular complexity index is 694. The van der Waals surface area contributed by atoms with E-state index in [0.29, 0.717) is 19.6 Å². The molecule has 1 aromatic carbocycles. The molecule has 0 saturated carbocycles. The van der Waals surface area contributed by atoms with Gasteiger partial charge in [0.15, 0.2) is 0 Å². The maximum atomic E-state index is 12.3. The summed E-state index contributed by atoms with van der Waals surface area (Å²) in [4.78, 5) is 26.0. The van der Waals surface area contributed by atoms with Gasteiger partial charge in [-0.15, -0.1) is 0 Å². The number of amides is 2. The number of furan rings is 1. The van der Waals surface area contributed by atoms with Crippen molar-refractivity contribution >= 4 is 11.8 Å². The summed E-state index contributed by atoms with van der Waals surface area (Å²) in [6.45, 7) is 1.27. The molecule has 1 aromatic heterocycles. The quantitative estimate of drug-likeness (QED) is 0.880. The first kappa shape index (κ1) is 16.1. The minimum Gasteiger partial charge on any atom is -0.497 e. The van der Waals surface area contributed by atoms with E-state index in [4.69, 9.17) is 9.15 Å². The Kier molecular flexibility index (Phi) is 4.84. The summed E-state index contributed by atoms with van der Waals surface area (Å²) in [5.41, 5.74) is 0.987. The summed E-state index contributed by atoms with van der Waals surface area (Å²) >= 11 is 0. The molecular formula is C18H20N2O4.